The molecule has 0 saturated carbocycles. The number of rotatable bonds is 4. The Kier molecular flexibility index (Phi) is 5.16. The molecule has 2 rings (SSSR count). The van der Waals surface area contributed by atoms with Crippen LogP contribution >= 0.6 is 11.6 Å². The van der Waals surface area contributed by atoms with Crippen LogP contribution in [0.2, 0.25) is 5.15 Å². The predicted molar refractivity (Wildman–Crippen MR) is 87.2 cm³/mol. The minimum absolute atomic E-state index is 0.118. The number of hydrogen-bond donors (Lipinski definition) is 2. The predicted octanol–water partition coefficient (Wildman–Crippen LogP) is 3.12. The molecular weight excluding hydrogens is 300 g/mol. The number of aliphatic hydroxyl groups excluding tert-OH is 1. The van der Waals surface area contributed by atoms with Crippen molar-refractivity contribution in [3.63, 3.8) is 0 Å². The first kappa shape index (κ1) is 16.5. The van der Waals surface area contributed by atoms with E-state index in [2.05, 4.69) is 10.3 Å². The van der Waals surface area contributed by atoms with Gasteiger partial charge in [-0.3, -0.25) is 4.79 Å². The van der Waals surface area contributed by atoms with Crippen LogP contribution < -0.4 is 5.32 Å². The Morgan fingerprint density at radius 1 is 1.27 bits per heavy atom. The van der Waals surface area contributed by atoms with E-state index in [9.17, 15) is 9.90 Å². The van der Waals surface area contributed by atoms with Crippen molar-refractivity contribution >= 4 is 17.5 Å². The van der Waals surface area contributed by atoms with Crippen molar-refractivity contribution in [2.45, 2.75) is 26.9 Å². The molecule has 0 bridgehead atoms. The maximum Gasteiger partial charge on any atom is 0.254 e. The molecule has 1 heterocycles. The maximum absolute atomic E-state index is 12.3. The van der Waals surface area contributed by atoms with Crippen LogP contribution in [-0.2, 0) is 0 Å². The largest absolute Gasteiger partial charge is 0.387 e. The summed E-state index contributed by atoms with van der Waals surface area (Å²) in [6.45, 7) is 5.67. The van der Waals surface area contributed by atoms with Crippen molar-refractivity contribution in [2.24, 2.45) is 0 Å². The molecule has 116 valence electrons. The van der Waals surface area contributed by atoms with E-state index in [1.165, 1.54) is 0 Å². The molecule has 1 amide bonds. The molecule has 1 aromatic heterocycles. The van der Waals surface area contributed by atoms with Crippen molar-refractivity contribution in [2.75, 3.05) is 6.54 Å². The lowest BCUT2D eigenvalue weighted by Gasteiger charge is -2.15. The second-order valence-corrected chi connectivity index (χ2v) is 5.69. The Morgan fingerprint density at radius 2 is 1.95 bits per heavy atom. The molecule has 2 aromatic rings. The van der Waals surface area contributed by atoms with Gasteiger partial charge in [0.05, 0.1) is 11.7 Å². The summed E-state index contributed by atoms with van der Waals surface area (Å²) in [6.07, 6.45) is -0.761. The second-order valence-electron chi connectivity index (χ2n) is 5.33. The van der Waals surface area contributed by atoms with Gasteiger partial charge < -0.3 is 10.4 Å². The molecule has 0 radical (unpaired) electrons. The minimum Gasteiger partial charge on any atom is -0.387 e. The quantitative estimate of drug-likeness (QED) is 0.851. The van der Waals surface area contributed by atoms with Gasteiger partial charge in [0.15, 0.2) is 0 Å². The van der Waals surface area contributed by atoms with Crippen LogP contribution in [-0.4, -0.2) is 22.5 Å². The summed E-state index contributed by atoms with van der Waals surface area (Å²) in [5, 5.41) is 13.1. The van der Waals surface area contributed by atoms with E-state index in [1.54, 1.807) is 6.07 Å². The zero-order valence-corrected chi connectivity index (χ0v) is 13.6. The van der Waals surface area contributed by atoms with E-state index in [4.69, 9.17) is 11.6 Å². The molecule has 0 spiro atoms. The van der Waals surface area contributed by atoms with E-state index in [0.717, 1.165) is 22.4 Å². The summed E-state index contributed by atoms with van der Waals surface area (Å²) in [5.74, 6) is -0.331. The molecule has 0 aliphatic heterocycles. The highest BCUT2D eigenvalue weighted by atomic mass is 35.5. The van der Waals surface area contributed by atoms with Crippen LogP contribution in [0, 0.1) is 20.8 Å². The fourth-order valence-electron chi connectivity index (χ4n) is 2.41. The smallest absolute Gasteiger partial charge is 0.254 e. The molecule has 1 unspecified atom stereocenters. The molecular formula is C17H19ClN2O2. The first-order valence-electron chi connectivity index (χ1n) is 7.05. The number of benzene rings is 1. The number of carbonyl (C=O) groups is 1. The van der Waals surface area contributed by atoms with Gasteiger partial charge in [0.2, 0.25) is 0 Å². The molecule has 0 saturated heterocycles. The molecule has 0 fully saturated rings. The van der Waals surface area contributed by atoms with Crippen LogP contribution in [0.5, 0.6) is 0 Å². The highest BCUT2D eigenvalue weighted by Gasteiger charge is 2.17. The summed E-state index contributed by atoms with van der Waals surface area (Å²) in [6, 6.07) is 9.34. The van der Waals surface area contributed by atoms with Gasteiger partial charge in [0.1, 0.15) is 5.15 Å². The zero-order chi connectivity index (χ0) is 16.3. The lowest BCUT2D eigenvalue weighted by Crippen LogP contribution is -2.29. The van der Waals surface area contributed by atoms with E-state index < -0.39 is 6.10 Å². The zero-order valence-electron chi connectivity index (χ0n) is 12.9. The molecule has 5 heteroatoms. The standard InChI is InChI=1S/C17H19ClN2O2/c1-10-6-4-5-7-13(10)14(21)9-19-17(22)15-11(2)8-12(3)20-16(15)18/h4-8,14,21H,9H2,1-3H3,(H,19,22). The third-order valence-electron chi connectivity index (χ3n) is 3.53. The molecule has 22 heavy (non-hydrogen) atoms. The first-order chi connectivity index (χ1) is 10.4. The van der Waals surface area contributed by atoms with Crippen LogP contribution in [0.3, 0.4) is 0 Å². The lowest BCUT2D eigenvalue weighted by molar-refractivity contribution is 0.0915. The highest BCUT2D eigenvalue weighted by molar-refractivity contribution is 6.32. The van der Waals surface area contributed by atoms with Gasteiger partial charge in [0.25, 0.3) is 5.91 Å². The Labute approximate surface area is 135 Å². The number of amides is 1. The van der Waals surface area contributed by atoms with Gasteiger partial charge in [-0.25, -0.2) is 4.98 Å². The summed E-state index contributed by atoms with van der Waals surface area (Å²) in [5.41, 5.74) is 3.66. The number of nitrogens with zero attached hydrogens (tertiary/aromatic N) is 1. The lowest BCUT2D eigenvalue weighted by atomic mass is 10.0. The Balaban J connectivity index is 2.09. The number of nitrogens with one attached hydrogen (secondary N) is 1. The van der Waals surface area contributed by atoms with Crippen molar-refractivity contribution in [1.29, 1.82) is 0 Å². The Morgan fingerprint density at radius 3 is 2.59 bits per heavy atom. The molecule has 2 N–H and O–H groups in total. The Bertz CT molecular complexity index is 678. The van der Waals surface area contributed by atoms with Gasteiger partial charge in [-0.15, -0.1) is 0 Å². The number of carbonyl (C=O) groups excluding carboxylic acids is 1. The Hall–Kier alpha value is -1.91. The number of aliphatic hydroxyl groups is 1. The number of aryl methyl sites for hydroxylation is 3. The van der Waals surface area contributed by atoms with E-state index in [0.29, 0.717) is 5.56 Å². The number of halogens is 1. The number of hydrogen-bond acceptors (Lipinski definition) is 3. The van der Waals surface area contributed by atoms with E-state index in [-0.39, 0.29) is 17.6 Å². The maximum atomic E-state index is 12.3. The summed E-state index contributed by atoms with van der Waals surface area (Å²) < 4.78 is 0. The average Bonchev–Trinajstić information content (AvgIpc) is 2.44. The molecule has 1 aromatic carbocycles. The van der Waals surface area contributed by atoms with Crippen molar-refractivity contribution in [3.8, 4) is 0 Å². The monoisotopic (exact) mass is 318 g/mol. The van der Waals surface area contributed by atoms with Crippen molar-refractivity contribution < 1.29 is 9.90 Å². The van der Waals surface area contributed by atoms with Gasteiger partial charge in [-0.05, 0) is 43.5 Å². The topological polar surface area (TPSA) is 62.2 Å². The SMILES string of the molecule is Cc1cc(C)c(C(=O)NCC(O)c2ccccc2C)c(Cl)n1. The fourth-order valence-corrected chi connectivity index (χ4v) is 2.78. The van der Waals surface area contributed by atoms with Gasteiger partial charge in [-0.1, -0.05) is 35.9 Å². The summed E-state index contributed by atoms with van der Waals surface area (Å²) >= 11 is 6.05. The number of pyridine rings is 1. The van der Waals surface area contributed by atoms with Gasteiger partial charge in [0, 0.05) is 12.2 Å². The minimum atomic E-state index is -0.761. The first-order valence-corrected chi connectivity index (χ1v) is 7.43. The molecule has 0 aliphatic rings. The van der Waals surface area contributed by atoms with Crippen molar-refractivity contribution in [1.82, 2.24) is 10.3 Å². The average molecular weight is 319 g/mol. The second kappa shape index (κ2) is 6.90. The number of aromatic nitrogens is 1. The third kappa shape index (κ3) is 3.64. The van der Waals surface area contributed by atoms with E-state index >= 15 is 0 Å². The summed E-state index contributed by atoms with van der Waals surface area (Å²) in [4.78, 5) is 16.4. The molecule has 4 nitrogen and oxygen atoms in total. The third-order valence-corrected chi connectivity index (χ3v) is 3.80. The fraction of sp³-hybridized carbons (Fsp3) is 0.294. The van der Waals surface area contributed by atoms with Crippen LogP contribution in [0.25, 0.3) is 0 Å². The highest BCUT2D eigenvalue weighted by Crippen LogP contribution is 2.20. The molecule has 0 aliphatic carbocycles. The van der Waals surface area contributed by atoms with Crippen molar-refractivity contribution in [3.05, 3.63) is 63.4 Å². The molecule has 1 atom stereocenters. The normalized spacial score (nSPS) is 12.0. The van der Waals surface area contributed by atoms with Crippen LogP contribution in [0.1, 0.15) is 38.8 Å². The summed E-state index contributed by atoms with van der Waals surface area (Å²) in [7, 11) is 0. The van der Waals surface area contributed by atoms with Crippen LogP contribution in [0.4, 0.5) is 0 Å². The van der Waals surface area contributed by atoms with Gasteiger partial charge in [-0.2, -0.15) is 0 Å². The van der Waals surface area contributed by atoms with Gasteiger partial charge >= 0.3 is 0 Å². The van der Waals surface area contributed by atoms with Crippen LogP contribution in [0.15, 0.2) is 30.3 Å². The van der Waals surface area contributed by atoms with E-state index in [1.807, 2.05) is 45.0 Å².